The summed E-state index contributed by atoms with van der Waals surface area (Å²) in [6, 6.07) is 16.0. The van der Waals surface area contributed by atoms with Crippen molar-refractivity contribution in [2.75, 3.05) is 13.1 Å². The van der Waals surface area contributed by atoms with Gasteiger partial charge in [-0.15, -0.1) is 0 Å². The number of benzene rings is 2. The molecule has 0 spiro atoms. The lowest BCUT2D eigenvalue weighted by Crippen LogP contribution is -2.21. The Hall–Kier alpha value is -2.30. The van der Waals surface area contributed by atoms with E-state index in [4.69, 9.17) is 20.8 Å². The van der Waals surface area contributed by atoms with Crippen LogP contribution in [0.1, 0.15) is 18.4 Å². The van der Waals surface area contributed by atoms with Gasteiger partial charge in [0.2, 0.25) is 5.89 Å². The molecular weight excluding hydrogens is 336 g/mol. The van der Waals surface area contributed by atoms with Gasteiger partial charge < -0.3 is 14.5 Å². The van der Waals surface area contributed by atoms with E-state index in [1.807, 2.05) is 36.4 Å². The summed E-state index contributed by atoms with van der Waals surface area (Å²) in [6.45, 7) is 1.86. The Bertz CT molecular complexity index is 815. The minimum atomic E-state index is -0.245. The molecule has 1 aliphatic heterocycles. The predicted molar refractivity (Wildman–Crippen MR) is 97.7 cm³/mol. The van der Waals surface area contributed by atoms with E-state index in [1.165, 1.54) is 0 Å². The summed E-state index contributed by atoms with van der Waals surface area (Å²) >= 11 is 6.50. The monoisotopic (exact) mass is 354 g/mol. The number of nitrogens with zero attached hydrogens (tertiary/aromatic N) is 1. The van der Waals surface area contributed by atoms with E-state index in [0.717, 1.165) is 30.6 Å². The SMILES string of the molecule is Clc1cc(-c2ccccc2)ccc1OC(c1ncco1)C1CCNC1. The standard InChI is InChI=1S/C20H19ClN2O2/c21-17-12-15(14-4-2-1-3-5-14)6-7-18(17)25-19(16-8-9-22-13-16)20-23-10-11-24-20/h1-7,10-12,16,19,22H,8-9,13H2. The van der Waals surface area contributed by atoms with Crippen LogP contribution in [0.4, 0.5) is 0 Å². The van der Waals surface area contributed by atoms with Crippen LogP contribution in [0.3, 0.4) is 0 Å². The molecule has 128 valence electrons. The van der Waals surface area contributed by atoms with Gasteiger partial charge in [-0.2, -0.15) is 0 Å². The van der Waals surface area contributed by atoms with Gasteiger partial charge in [0.05, 0.1) is 11.2 Å². The average molecular weight is 355 g/mol. The largest absolute Gasteiger partial charge is 0.479 e. The van der Waals surface area contributed by atoms with Gasteiger partial charge in [-0.05, 0) is 36.2 Å². The highest BCUT2D eigenvalue weighted by Crippen LogP contribution is 2.36. The van der Waals surface area contributed by atoms with Gasteiger partial charge in [0.1, 0.15) is 12.0 Å². The molecule has 0 bridgehead atoms. The van der Waals surface area contributed by atoms with Crippen molar-refractivity contribution < 1.29 is 9.15 Å². The van der Waals surface area contributed by atoms with Gasteiger partial charge in [0.15, 0.2) is 6.10 Å². The maximum atomic E-state index is 6.50. The fourth-order valence-corrected chi connectivity index (χ4v) is 3.43. The van der Waals surface area contributed by atoms with Crippen LogP contribution in [0.5, 0.6) is 5.75 Å². The van der Waals surface area contributed by atoms with Crippen LogP contribution in [0, 0.1) is 5.92 Å². The molecule has 0 amide bonds. The Labute approximate surface area is 151 Å². The molecule has 2 heterocycles. The van der Waals surface area contributed by atoms with Crippen LogP contribution in [0.25, 0.3) is 11.1 Å². The highest BCUT2D eigenvalue weighted by molar-refractivity contribution is 6.32. The summed E-state index contributed by atoms with van der Waals surface area (Å²) in [7, 11) is 0. The van der Waals surface area contributed by atoms with Crippen LogP contribution in [0.15, 0.2) is 65.4 Å². The average Bonchev–Trinajstić information content (AvgIpc) is 3.35. The van der Waals surface area contributed by atoms with Crippen molar-refractivity contribution in [1.82, 2.24) is 10.3 Å². The first-order chi connectivity index (χ1) is 12.3. The number of nitrogens with one attached hydrogen (secondary N) is 1. The second-order valence-electron chi connectivity index (χ2n) is 6.17. The smallest absolute Gasteiger partial charge is 0.235 e. The lowest BCUT2D eigenvalue weighted by atomic mass is 10.0. The van der Waals surface area contributed by atoms with Crippen molar-refractivity contribution in [2.24, 2.45) is 5.92 Å². The van der Waals surface area contributed by atoms with Gasteiger partial charge in [-0.3, -0.25) is 0 Å². The number of aromatic nitrogens is 1. The fraction of sp³-hybridized carbons (Fsp3) is 0.250. The third kappa shape index (κ3) is 3.55. The van der Waals surface area contributed by atoms with Gasteiger partial charge in [-0.1, -0.05) is 48.0 Å². The molecule has 0 radical (unpaired) electrons. The first-order valence-corrected chi connectivity index (χ1v) is 8.81. The molecule has 0 saturated carbocycles. The van der Waals surface area contributed by atoms with Crippen LogP contribution >= 0.6 is 11.6 Å². The number of hydrogen-bond acceptors (Lipinski definition) is 4. The molecule has 1 aliphatic rings. The molecular formula is C20H19ClN2O2. The maximum absolute atomic E-state index is 6.50. The number of halogens is 1. The Balaban J connectivity index is 1.60. The molecule has 2 aromatic carbocycles. The number of oxazole rings is 1. The molecule has 3 aromatic rings. The zero-order valence-corrected chi connectivity index (χ0v) is 14.4. The molecule has 2 unspecified atom stereocenters. The normalized spacial score (nSPS) is 18.2. The molecule has 4 rings (SSSR count). The molecule has 1 fully saturated rings. The third-order valence-corrected chi connectivity index (χ3v) is 4.81. The predicted octanol–water partition coefficient (Wildman–Crippen LogP) is 4.72. The Morgan fingerprint density at radius 1 is 1.16 bits per heavy atom. The molecule has 1 aromatic heterocycles. The van der Waals surface area contributed by atoms with Crippen LogP contribution < -0.4 is 10.1 Å². The van der Waals surface area contributed by atoms with Crippen LogP contribution in [-0.2, 0) is 0 Å². The lowest BCUT2D eigenvalue weighted by Gasteiger charge is -2.22. The van der Waals surface area contributed by atoms with E-state index >= 15 is 0 Å². The van der Waals surface area contributed by atoms with E-state index in [1.54, 1.807) is 12.5 Å². The minimum absolute atomic E-state index is 0.245. The molecule has 2 atom stereocenters. The summed E-state index contributed by atoms with van der Waals surface area (Å²) in [5.74, 6) is 1.55. The van der Waals surface area contributed by atoms with Crippen molar-refractivity contribution in [3.8, 4) is 16.9 Å². The zero-order chi connectivity index (χ0) is 17.1. The number of hydrogen-bond donors (Lipinski definition) is 1. The molecule has 1 N–H and O–H groups in total. The third-order valence-electron chi connectivity index (χ3n) is 4.51. The van der Waals surface area contributed by atoms with Crippen molar-refractivity contribution in [3.05, 3.63) is 71.9 Å². The molecule has 0 aliphatic carbocycles. The Morgan fingerprint density at radius 2 is 2.04 bits per heavy atom. The van der Waals surface area contributed by atoms with Crippen molar-refractivity contribution in [3.63, 3.8) is 0 Å². The summed E-state index contributed by atoms with van der Waals surface area (Å²) < 4.78 is 11.7. The zero-order valence-electron chi connectivity index (χ0n) is 13.7. The first-order valence-electron chi connectivity index (χ1n) is 8.43. The summed E-state index contributed by atoms with van der Waals surface area (Å²) in [5, 5.41) is 3.95. The van der Waals surface area contributed by atoms with Gasteiger partial charge >= 0.3 is 0 Å². The van der Waals surface area contributed by atoms with E-state index < -0.39 is 0 Å². The second-order valence-corrected chi connectivity index (χ2v) is 6.58. The Morgan fingerprint density at radius 3 is 2.72 bits per heavy atom. The van der Waals surface area contributed by atoms with Crippen LogP contribution in [0.2, 0.25) is 5.02 Å². The first kappa shape index (κ1) is 16.2. The minimum Gasteiger partial charge on any atom is -0.479 e. The van der Waals surface area contributed by atoms with E-state index in [0.29, 0.717) is 22.6 Å². The fourth-order valence-electron chi connectivity index (χ4n) is 3.20. The van der Waals surface area contributed by atoms with Gasteiger partial charge in [-0.25, -0.2) is 4.98 Å². The van der Waals surface area contributed by atoms with Gasteiger partial charge in [0, 0.05) is 12.5 Å². The summed E-state index contributed by atoms with van der Waals surface area (Å²) in [6.07, 6.45) is 4.00. The molecule has 5 heteroatoms. The van der Waals surface area contributed by atoms with Crippen molar-refractivity contribution in [2.45, 2.75) is 12.5 Å². The van der Waals surface area contributed by atoms with E-state index in [9.17, 15) is 0 Å². The molecule has 4 nitrogen and oxygen atoms in total. The van der Waals surface area contributed by atoms with E-state index in [2.05, 4.69) is 22.4 Å². The molecule has 25 heavy (non-hydrogen) atoms. The Kier molecular flexibility index (Phi) is 4.72. The second kappa shape index (κ2) is 7.30. The number of ether oxygens (including phenoxy) is 1. The lowest BCUT2D eigenvalue weighted by molar-refractivity contribution is 0.114. The molecule has 1 saturated heterocycles. The maximum Gasteiger partial charge on any atom is 0.235 e. The summed E-state index contributed by atoms with van der Waals surface area (Å²) in [4.78, 5) is 4.29. The number of rotatable bonds is 5. The topological polar surface area (TPSA) is 47.3 Å². The van der Waals surface area contributed by atoms with Crippen LogP contribution in [-0.4, -0.2) is 18.1 Å². The van der Waals surface area contributed by atoms with E-state index in [-0.39, 0.29) is 6.10 Å². The van der Waals surface area contributed by atoms with Crippen molar-refractivity contribution >= 4 is 11.6 Å². The quantitative estimate of drug-likeness (QED) is 0.719. The highest BCUT2D eigenvalue weighted by Gasteiger charge is 2.31. The summed E-state index contributed by atoms with van der Waals surface area (Å²) in [5.41, 5.74) is 2.19. The van der Waals surface area contributed by atoms with Crippen molar-refractivity contribution in [1.29, 1.82) is 0 Å². The van der Waals surface area contributed by atoms with Gasteiger partial charge in [0.25, 0.3) is 0 Å². The highest BCUT2D eigenvalue weighted by atomic mass is 35.5.